The number of aromatic nitrogens is 2. The van der Waals surface area contributed by atoms with Gasteiger partial charge in [-0.25, -0.2) is 27.5 Å². The summed E-state index contributed by atoms with van der Waals surface area (Å²) in [7, 11) is -3.16. The van der Waals surface area contributed by atoms with Gasteiger partial charge in [0.2, 0.25) is 10.0 Å². The smallest absolute Gasteiger partial charge is 0.257 e. The molecule has 2 aliphatic rings. The topological polar surface area (TPSA) is 117 Å². The van der Waals surface area contributed by atoms with Crippen LogP contribution in [0.3, 0.4) is 0 Å². The average Bonchev–Trinajstić information content (AvgIpc) is 2.85. The molecule has 1 aliphatic carbocycles. The van der Waals surface area contributed by atoms with Gasteiger partial charge in [0.15, 0.2) is 11.6 Å². The molecule has 1 aromatic carbocycles. The molecule has 1 saturated heterocycles. The second kappa shape index (κ2) is 12.6. The first-order valence-corrected chi connectivity index (χ1v) is 15.5. The fourth-order valence-electron chi connectivity index (χ4n) is 5.30. The van der Waals surface area contributed by atoms with Gasteiger partial charge in [0, 0.05) is 37.8 Å². The molecule has 2 aromatic rings. The van der Waals surface area contributed by atoms with E-state index >= 15 is 0 Å². The van der Waals surface area contributed by atoms with E-state index in [1.165, 1.54) is 30.8 Å². The lowest BCUT2D eigenvalue weighted by Gasteiger charge is -2.42. The number of carbonyl (C=O) groups is 1. The molecule has 12 heteroatoms. The Hall–Kier alpha value is -2.83. The van der Waals surface area contributed by atoms with Gasteiger partial charge >= 0.3 is 0 Å². The molecule has 0 spiro atoms. The molecule has 0 radical (unpaired) electrons. The molecule has 4 rings (SSSR count). The molecular weight excluding hydrogens is 523 g/mol. The maximum absolute atomic E-state index is 14.1. The standard InChI is InChI=1S/C27H39FN6O4S/c1-5-34(18(2)3)27(35)23-12-20(28)8-11-24(23)38-25-14-29-17-31-26(25)33-15-22(16-33)30-13-19-6-9-21(10-7-19)32-39(4,36)37/h8,11-12,14,17-19,21-22,30,32H,5-7,9-10,13,15-16H2,1-4H3. The summed E-state index contributed by atoms with van der Waals surface area (Å²) in [6.07, 6.45) is 7.93. The van der Waals surface area contributed by atoms with Crippen molar-refractivity contribution in [2.75, 3.05) is 37.3 Å². The molecule has 2 N–H and O–H groups in total. The van der Waals surface area contributed by atoms with Gasteiger partial charge in [-0.1, -0.05) is 0 Å². The summed E-state index contributed by atoms with van der Waals surface area (Å²) in [6, 6.07) is 4.24. The normalized spacial score (nSPS) is 20.1. The summed E-state index contributed by atoms with van der Waals surface area (Å²) >= 11 is 0. The minimum absolute atomic E-state index is 0.0407. The van der Waals surface area contributed by atoms with Crippen LogP contribution in [0.1, 0.15) is 56.8 Å². The van der Waals surface area contributed by atoms with Crippen LogP contribution in [0.4, 0.5) is 10.2 Å². The molecule has 10 nitrogen and oxygen atoms in total. The second-order valence-corrected chi connectivity index (χ2v) is 12.5. The van der Waals surface area contributed by atoms with Gasteiger partial charge in [-0.15, -0.1) is 0 Å². The fourth-order valence-corrected chi connectivity index (χ4v) is 6.14. The van der Waals surface area contributed by atoms with Crippen molar-refractivity contribution in [1.82, 2.24) is 24.9 Å². The number of benzene rings is 1. The number of hydrogen-bond acceptors (Lipinski definition) is 8. The van der Waals surface area contributed by atoms with E-state index < -0.39 is 15.8 Å². The monoisotopic (exact) mass is 562 g/mol. The van der Waals surface area contributed by atoms with E-state index in [-0.39, 0.29) is 29.3 Å². The molecule has 214 valence electrons. The Morgan fingerprint density at radius 3 is 2.54 bits per heavy atom. The Bertz CT molecular complexity index is 1250. The largest absolute Gasteiger partial charge is 0.451 e. The highest BCUT2D eigenvalue weighted by molar-refractivity contribution is 7.88. The molecule has 1 aromatic heterocycles. The molecule has 1 saturated carbocycles. The lowest BCUT2D eigenvalue weighted by molar-refractivity contribution is 0.0713. The Kier molecular flexibility index (Phi) is 9.39. The van der Waals surface area contributed by atoms with Crippen LogP contribution >= 0.6 is 0 Å². The lowest BCUT2D eigenvalue weighted by atomic mass is 9.86. The number of ether oxygens (including phenoxy) is 1. The molecule has 0 unspecified atom stereocenters. The van der Waals surface area contributed by atoms with Gasteiger partial charge < -0.3 is 19.9 Å². The maximum Gasteiger partial charge on any atom is 0.257 e. The zero-order valence-electron chi connectivity index (χ0n) is 23.1. The summed E-state index contributed by atoms with van der Waals surface area (Å²) in [6.45, 7) is 8.58. The number of halogens is 1. The van der Waals surface area contributed by atoms with E-state index in [9.17, 15) is 17.6 Å². The van der Waals surface area contributed by atoms with Crippen LogP contribution in [0.2, 0.25) is 0 Å². The summed E-state index contributed by atoms with van der Waals surface area (Å²) in [4.78, 5) is 25.5. The van der Waals surface area contributed by atoms with Gasteiger partial charge in [0.25, 0.3) is 5.91 Å². The first-order valence-electron chi connectivity index (χ1n) is 13.6. The highest BCUT2D eigenvalue weighted by atomic mass is 32.2. The summed E-state index contributed by atoms with van der Waals surface area (Å²) < 4.78 is 45.9. The second-order valence-electron chi connectivity index (χ2n) is 10.8. The number of rotatable bonds is 11. The number of anilines is 1. The van der Waals surface area contributed by atoms with Crippen LogP contribution in [0.5, 0.6) is 11.5 Å². The lowest BCUT2D eigenvalue weighted by Crippen LogP contribution is -2.59. The maximum atomic E-state index is 14.1. The third-order valence-corrected chi connectivity index (χ3v) is 8.14. The van der Waals surface area contributed by atoms with Crippen molar-refractivity contribution >= 4 is 21.7 Å². The number of carbonyl (C=O) groups excluding carboxylic acids is 1. The van der Waals surface area contributed by atoms with Crippen LogP contribution in [-0.2, 0) is 10.0 Å². The number of nitrogens with one attached hydrogen (secondary N) is 2. The van der Waals surface area contributed by atoms with Gasteiger partial charge in [-0.05, 0) is 77.1 Å². The van der Waals surface area contributed by atoms with Gasteiger partial charge in [-0.3, -0.25) is 4.79 Å². The predicted molar refractivity (Wildman–Crippen MR) is 148 cm³/mol. The molecule has 2 heterocycles. The molecule has 1 amide bonds. The van der Waals surface area contributed by atoms with Crippen molar-refractivity contribution in [1.29, 1.82) is 0 Å². The first-order chi connectivity index (χ1) is 18.5. The predicted octanol–water partition coefficient (Wildman–Crippen LogP) is 3.16. The molecule has 39 heavy (non-hydrogen) atoms. The third-order valence-electron chi connectivity index (χ3n) is 7.38. The summed E-state index contributed by atoms with van der Waals surface area (Å²) in [5.41, 5.74) is 0.157. The Balaban J connectivity index is 1.34. The summed E-state index contributed by atoms with van der Waals surface area (Å²) in [5, 5.41) is 3.62. The van der Waals surface area contributed by atoms with E-state index in [1.807, 2.05) is 20.8 Å². The molecule has 0 atom stereocenters. The van der Waals surface area contributed by atoms with Crippen molar-refractivity contribution in [3.63, 3.8) is 0 Å². The zero-order chi connectivity index (χ0) is 28.2. The van der Waals surface area contributed by atoms with E-state index in [0.29, 0.717) is 30.1 Å². The van der Waals surface area contributed by atoms with E-state index in [0.717, 1.165) is 45.3 Å². The Morgan fingerprint density at radius 1 is 1.18 bits per heavy atom. The highest BCUT2D eigenvalue weighted by Crippen LogP contribution is 2.34. The Morgan fingerprint density at radius 2 is 1.90 bits per heavy atom. The minimum atomic E-state index is -3.16. The van der Waals surface area contributed by atoms with E-state index in [1.54, 1.807) is 11.1 Å². The number of sulfonamides is 1. The number of nitrogens with zero attached hydrogens (tertiary/aromatic N) is 4. The van der Waals surface area contributed by atoms with Gasteiger partial charge in [0.1, 0.15) is 17.9 Å². The van der Waals surface area contributed by atoms with Crippen molar-refractivity contribution in [3.05, 3.63) is 42.1 Å². The van der Waals surface area contributed by atoms with Crippen molar-refractivity contribution in [2.45, 2.75) is 64.6 Å². The van der Waals surface area contributed by atoms with Crippen molar-refractivity contribution in [2.24, 2.45) is 5.92 Å². The van der Waals surface area contributed by atoms with Gasteiger partial charge in [0.05, 0.1) is 18.0 Å². The summed E-state index contributed by atoms with van der Waals surface area (Å²) in [5.74, 6) is 1.00. The molecular formula is C27H39FN6O4S. The van der Waals surface area contributed by atoms with Crippen LogP contribution in [-0.4, -0.2) is 79.8 Å². The highest BCUT2D eigenvalue weighted by Gasteiger charge is 2.32. The van der Waals surface area contributed by atoms with Gasteiger partial charge in [-0.2, -0.15) is 0 Å². The Labute approximate surface area is 230 Å². The number of amides is 1. The third kappa shape index (κ3) is 7.64. The van der Waals surface area contributed by atoms with Crippen LogP contribution in [0, 0.1) is 11.7 Å². The average molecular weight is 563 g/mol. The van der Waals surface area contributed by atoms with Crippen molar-refractivity contribution in [3.8, 4) is 11.5 Å². The van der Waals surface area contributed by atoms with E-state index in [4.69, 9.17) is 4.74 Å². The quantitative estimate of drug-likeness (QED) is 0.429. The SMILES string of the molecule is CCN(C(=O)c1cc(F)ccc1Oc1cncnc1N1CC(NCC2CCC(NS(C)(=O)=O)CC2)C1)C(C)C. The van der Waals surface area contributed by atoms with E-state index in [2.05, 4.69) is 24.9 Å². The van der Waals surface area contributed by atoms with Crippen molar-refractivity contribution < 1.29 is 22.3 Å². The molecule has 0 bridgehead atoms. The van der Waals surface area contributed by atoms with Crippen LogP contribution in [0.15, 0.2) is 30.7 Å². The zero-order valence-corrected chi connectivity index (χ0v) is 23.9. The van der Waals surface area contributed by atoms with Crippen LogP contribution in [0.25, 0.3) is 0 Å². The number of hydrogen-bond donors (Lipinski definition) is 2. The fraction of sp³-hybridized carbons (Fsp3) is 0.593. The molecule has 2 fully saturated rings. The van der Waals surface area contributed by atoms with Crippen LogP contribution < -0.4 is 19.7 Å². The molecule has 1 aliphatic heterocycles. The minimum Gasteiger partial charge on any atom is -0.451 e. The first kappa shape index (κ1) is 29.2.